The van der Waals surface area contributed by atoms with Crippen LogP contribution in [-0.2, 0) is 9.53 Å². The average Bonchev–Trinajstić information content (AvgIpc) is 2.30. The van der Waals surface area contributed by atoms with Gasteiger partial charge in [0.1, 0.15) is 0 Å². The van der Waals surface area contributed by atoms with Crippen LogP contribution < -0.4 is 10.6 Å². The minimum absolute atomic E-state index is 0.171. The lowest BCUT2D eigenvalue weighted by molar-refractivity contribution is -0.134. The van der Waals surface area contributed by atoms with Crippen molar-refractivity contribution in [2.24, 2.45) is 5.41 Å². The number of ether oxygens (including phenoxy) is 1. The fourth-order valence-electron chi connectivity index (χ4n) is 2.71. The highest BCUT2D eigenvalue weighted by atomic mass is 16.5. The maximum Gasteiger partial charge on any atom is 0.227 e. The van der Waals surface area contributed by atoms with Gasteiger partial charge in [0.25, 0.3) is 0 Å². The third kappa shape index (κ3) is 2.99. The third-order valence-electron chi connectivity index (χ3n) is 4.00. The van der Waals surface area contributed by atoms with Gasteiger partial charge in [-0.05, 0) is 46.1 Å². The van der Waals surface area contributed by atoms with Crippen LogP contribution in [0, 0.1) is 5.41 Å². The monoisotopic (exact) mass is 240 g/mol. The van der Waals surface area contributed by atoms with Crippen molar-refractivity contribution in [3.8, 4) is 0 Å². The number of amides is 1. The standard InChI is InChI=1S/C13H24N2O2/c1-12(5-3-7-14-9-12)11(16)15-13(2)6-4-8-17-10-13/h14H,3-10H2,1-2H3,(H,15,16). The van der Waals surface area contributed by atoms with Crippen molar-refractivity contribution in [3.63, 3.8) is 0 Å². The highest BCUT2D eigenvalue weighted by Crippen LogP contribution is 2.28. The van der Waals surface area contributed by atoms with Gasteiger partial charge >= 0.3 is 0 Å². The first-order chi connectivity index (χ1) is 8.04. The van der Waals surface area contributed by atoms with E-state index in [0.29, 0.717) is 6.61 Å². The summed E-state index contributed by atoms with van der Waals surface area (Å²) in [5.74, 6) is 0.178. The van der Waals surface area contributed by atoms with Crippen LogP contribution in [-0.4, -0.2) is 37.7 Å². The minimum Gasteiger partial charge on any atom is -0.379 e. The summed E-state index contributed by atoms with van der Waals surface area (Å²) in [6.45, 7) is 7.43. The Hall–Kier alpha value is -0.610. The van der Waals surface area contributed by atoms with E-state index in [-0.39, 0.29) is 16.9 Å². The number of piperidine rings is 1. The molecule has 2 aliphatic rings. The highest BCUT2D eigenvalue weighted by Gasteiger charge is 2.39. The van der Waals surface area contributed by atoms with E-state index in [1.54, 1.807) is 0 Å². The molecule has 0 aromatic heterocycles. The Kier molecular flexibility index (Phi) is 3.73. The first kappa shape index (κ1) is 12.8. The molecule has 98 valence electrons. The Balaban J connectivity index is 1.95. The van der Waals surface area contributed by atoms with Gasteiger partial charge in [-0.3, -0.25) is 4.79 Å². The maximum atomic E-state index is 12.4. The van der Waals surface area contributed by atoms with Crippen molar-refractivity contribution in [1.82, 2.24) is 10.6 Å². The number of hydrogen-bond acceptors (Lipinski definition) is 3. The molecule has 2 aliphatic heterocycles. The summed E-state index contributed by atoms with van der Waals surface area (Å²) in [5.41, 5.74) is -0.422. The molecular formula is C13H24N2O2. The van der Waals surface area contributed by atoms with Crippen molar-refractivity contribution in [2.45, 2.75) is 45.1 Å². The first-order valence-electron chi connectivity index (χ1n) is 6.65. The molecule has 2 N–H and O–H groups in total. The van der Waals surface area contributed by atoms with Gasteiger partial charge < -0.3 is 15.4 Å². The smallest absolute Gasteiger partial charge is 0.227 e. The summed E-state index contributed by atoms with van der Waals surface area (Å²) >= 11 is 0. The van der Waals surface area contributed by atoms with Crippen molar-refractivity contribution in [1.29, 1.82) is 0 Å². The van der Waals surface area contributed by atoms with Crippen LogP contribution in [0.4, 0.5) is 0 Å². The number of carbonyl (C=O) groups is 1. The molecule has 2 heterocycles. The van der Waals surface area contributed by atoms with Gasteiger partial charge in [0.2, 0.25) is 5.91 Å². The van der Waals surface area contributed by atoms with E-state index in [0.717, 1.165) is 45.4 Å². The molecule has 0 radical (unpaired) electrons. The number of rotatable bonds is 2. The van der Waals surface area contributed by atoms with E-state index in [1.165, 1.54) is 0 Å². The molecule has 4 heteroatoms. The third-order valence-corrected chi connectivity index (χ3v) is 4.00. The molecule has 0 bridgehead atoms. The zero-order valence-corrected chi connectivity index (χ0v) is 11.0. The molecule has 2 atom stereocenters. The molecule has 2 fully saturated rings. The predicted octanol–water partition coefficient (Wildman–Crippen LogP) is 1.06. The lowest BCUT2D eigenvalue weighted by Gasteiger charge is -2.39. The lowest BCUT2D eigenvalue weighted by atomic mass is 9.80. The molecule has 0 aliphatic carbocycles. The van der Waals surface area contributed by atoms with Gasteiger partial charge in [-0.25, -0.2) is 0 Å². The van der Waals surface area contributed by atoms with Crippen LogP contribution in [0.5, 0.6) is 0 Å². The van der Waals surface area contributed by atoms with Crippen LogP contribution in [0.25, 0.3) is 0 Å². The second-order valence-corrected chi connectivity index (χ2v) is 6.01. The molecule has 2 unspecified atom stereocenters. The molecule has 2 rings (SSSR count). The molecule has 2 saturated heterocycles. The van der Waals surface area contributed by atoms with E-state index in [1.807, 2.05) is 0 Å². The van der Waals surface area contributed by atoms with Crippen LogP contribution in [0.3, 0.4) is 0 Å². The Labute approximate surface area is 103 Å². The van der Waals surface area contributed by atoms with E-state index in [2.05, 4.69) is 24.5 Å². The summed E-state index contributed by atoms with van der Waals surface area (Å²) < 4.78 is 5.48. The Bertz CT molecular complexity index is 279. The predicted molar refractivity (Wildman–Crippen MR) is 66.8 cm³/mol. The molecular weight excluding hydrogens is 216 g/mol. The maximum absolute atomic E-state index is 12.4. The van der Waals surface area contributed by atoms with Gasteiger partial charge in [0, 0.05) is 13.2 Å². The summed E-state index contributed by atoms with van der Waals surface area (Å²) in [7, 11) is 0. The van der Waals surface area contributed by atoms with Crippen LogP contribution >= 0.6 is 0 Å². The topological polar surface area (TPSA) is 50.4 Å². The fraction of sp³-hybridized carbons (Fsp3) is 0.923. The SMILES string of the molecule is CC1(NC(=O)C2(C)CCCNC2)CCCOC1. The molecule has 1 amide bonds. The Morgan fingerprint density at radius 2 is 2.12 bits per heavy atom. The number of hydrogen-bond donors (Lipinski definition) is 2. The van der Waals surface area contributed by atoms with Gasteiger partial charge in [-0.1, -0.05) is 0 Å². The zero-order chi connectivity index (χ0) is 12.4. The minimum atomic E-state index is -0.251. The Morgan fingerprint density at radius 3 is 2.71 bits per heavy atom. The molecule has 0 saturated carbocycles. The van der Waals surface area contributed by atoms with Crippen LogP contribution in [0.1, 0.15) is 39.5 Å². The molecule has 0 aromatic rings. The molecule has 4 nitrogen and oxygen atoms in total. The largest absolute Gasteiger partial charge is 0.379 e. The second kappa shape index (κ2) is 4.94. The lowest BCUT2D eigenvalue weighted by Crippen LogP contribution is -2.58. The quantitative estimate of drug-likeness (QED) is 0.759. The Morgan fingerprint density at radius 1 is 1.29 bits per heavy atom. The normalized spacial score (nSPS) is 38.7. The highest BCUT2D eigenvalue weighted by molar-refractivity contribution is 5.83. The molecule has 0 spiro atoms. The summed E-state index contributed by atoms with van der Waals surface area (Å²) in [4.78, 5) is 12.4. The van der Waals surface area contributed by atoms with Crippen LogP contribution in [0.15, 0.2) is 0 Å². The molecule has 0 aromatic carbocycles. The average molecular weight is 240 g/mol. The summed E-state index contributed by atoms with van der Waals surface area (Å²) in [6.07, 6.45) is 4.11. The van der Waals surface area contributed by atoms with Crippen molar-refractivity contribution in [2.75, 3.05) is 26.3 Å². The number of carbonyl (C=O) groups excluding carboxylic acids is 1. The summed E-state index contributed by atoms with van der Waals surface area (Å²) in [5, 5.41) is 6.52. The van der Waals surface area contributed by atoms with E-state index < -0.39 is 0 Å². The fourth-order valence-corrected chi connectivity index (χ4v) is 2.71. The van der Waals surface area contributed by atoms with Gasteiger partial charge in [-0.2, -0.15) is 0 Å². The zero-order valence-electron chi connectivity index (χ0n) is 11.0. The first-order valence-corrected chi connectivity index (χ1v) is 6.65. The van der Waals surface area contributed by atoms with Crippen LogP contribution in [0.2, 0.25) is 0 Å². The van der Waals surface area contributed by atoms with E-state index in [9.17, 15) is 4.79 Å². The van der Waals surface area contributed by atoms with E-state index in [4.69, 9.17) is 4.74 Å². The van der Waals surface area contributed by atoms with Crippen molar-refractivity contribution < 1.29 is 9.53 Å². The van der Waals surface area contributed by atoms with Gasteiger partial charge in [-0.15, -0.1) is 0 Å². The van der Waals surface area contributed by atoms with Crippen molar-refractivity contribution in [3.05, 3.63) is 0 Å². The van der Waals surface area contributed by atoms with Gasteiger partial charge in [0.15, 0.2) is 0 Å². The van der Waals surface area contributed by atoms with E-state index >= 15 is 0 Å². The van der Waals surface area contributed by atoms with Gasteiger partial charge in [0.05, 0.1) is 17.6 Å². The number of nitrogens with one attached hydrogen (secondary N) is 2. The summed E-state index contributed by atoms with van der Waals surface area (Å²) in [6, 6.07) is 0. The second-order valence-electron chi connectivity index (χ2n) is 6.01. The molecule has 17 heavy (non-hydrogen) atoms. The van der Waals surface area contributed by atoms with Crippen molar-refractivity contribution >= 4 is 5.91 Å².